The quantitative estimate of drug-likeness (QED) is 0.514. The summed E-state index contributed by atoms with van der Waals surface area (Å²) in [6.07, 6.45) is 0. The number of amides is 1. The highest BCUT2D eigenvalue weighted by Crippen LogP contribution is 2.33. The van der Waals surface area contributed by atoms with Crippen molar-refractivity contribution in [2.45, 2.75) is 4.90 Å². The Morgan fingerprint density at radius 2 is 1.62 bits per heavy atom. The van der Waals surface area contributed by atoms with Crippen molar-refractivity contribution in [2.75, 3.05) is 38.7 Å². The van der Waals surface area contributed by atoms with Crippen LogP contribution in [0.1, 0.15) is 10.4 Å². The van der Waals surface area contributed by atoms with Crippen LogP contribution in [-0.2, 0) is 14.8 Å². The molecule has 1 heterocycles. The van der Waals surface area contributed by atoms with E-state index in [4.69, 9.17) is 25.8 Å². The molecule has 0 bridgehead atoms. The molecule has 10 heteroatoms. The van der Waals surface area contributed by atoms with Gasteiger partial charge in [-0.2, -0.15) is 4.31 Å². The molecule has 1 fully saturated rings. The fourth-order valence-corrected chi connectivity index (χ4v) is 4.95. The lowest BCUT2D eigenvalue weighted by atomic mass is 10.2. The Bertz CT molecular complexity index is 1260. The zero-order valence-corrected chi connectivity index (χ0v) is 19.9. The van der Waals surface area contributed by atoms with Crippen molar-refractivity contribution in [1.82, 2.24) is 4.31 Å². The molecule has 3 aromatic rings. The average Bonchev–Trinajstić information content (AvgIpc) is 2.86. The second-order valence-corrected chi connectivity index (χ2v) is 9.79. The van der Waals surface area contributed by atoms with E-state index in [1.54, 1.807) is 49.6 Å². The van der Waals surface area contributed by atoms with Crippen LogP contribution in [0.25, 0.3) is 0 Å². The minimum atomic E-state index is -3.64. The third-order valence-electron chi connectivity index (χ3n) is 5.20. The number of benzene rings is 3. The van der Waals surface area contributed by atoms with Gasteiger partial charge < -0.3 is 19.5 Å². The third-order valence-corrected chi connectivity index (χ3v) is 7.35. The summed E-state index contributed by atoms with van der Waals surface area (Å²) in [7, 11) is -2.06. The minimum Gasteiger partial charge on any atom is -0.497 e. The zero-order valence-electron chi connectivity index (χ0n) is 18.4. The Kier molecular flexibility index (Phi) is 7.38. The predicted octanol–water partition coefficient (Wildman–Crippen LogP) is 4.41. The summed E-state index contributed by atoms with van der Waals surface area (Å²) < 4.78 is 43.2. The summed E-state index contributed by atoms with van der Waals surface area (Å²) in [6, 6.07) is 17.7. The SMILES string of the molecule is COc1ccc(Oc2ccc(Cl)cc2NC(=O)c2ccc(S(=O)(=O)N3CCOCC3)cc2)cc1. The van der Waals surface area contributed by atoms with Crippen LogP contribution in [0.15, 0.2) is 71.6 Å². The maximum Gasteiger partial charge on any atom is 0.255 e. The van der Waals surface area contributed by atoms with Crippen molar-refractivity contribution in [1.29, 1.82) is 0 Å². The Morgan fingerprint density at radius 1 is 0.971 bits per heavy atom. The molecule has 8 nitrogen and oxygen atoms in total. The number of ether oxygens (including phenoxy) is 3. The van der Waals surface area contributed by atoms with Crippen LogP contribution in [0.4, 0.5) is 5.69 Å². The van der Waals surface area contributed by atoms with E-state index in [-0.39, 0.29) is 10.5 Å². The normalized spacial score (nSPS) is 14.4. The molecule has 0 spiro atoms. The van der Waals surface area contributed by atoms with E-state index in [1.165, 1.54) is 28.6 Å². The van der Waals surface area contributed by atoms with Gasteiger partial charge in [-0.15, -0.1) is 0 Å². The van der Waals surface area contributed by atoms with Gasteiger partial charge in [0.05, 0.1) is 30.9 Å². The van der Waals surface area contributed by atoms with E-state index in [2.05, 4.69) is 5.32 Å². The van der Waals surface area contributed by atoms with E-state index >= 15 is 0 Å². The average molecular weight is 503 g/mol. The van der Waals surface area contributed by atoms with Crippen molar-refractivity contribution in [3.05, 3.63) is 77.3 Å². The number of halogens is 1. The molecule has 0 saturated carbocycles. The Labute approximate surface area is 203 Å². The topological polar surface area (TPSA) is 94.2 Å². The number of methoxy groups -OCH3 is 1. The molecule has 0 aromatic heterocycles. The molecule has 1 aliphatic heterocycles. The van der Waals surface area contributed by atoms with Gasteiger partial charge in [-0.25, -0.2) is 8.42 Å². The molecule has 34 heavy (non-hydrogen) atoms. The Morgan fingerprint density at radius 3 is 2.26 bits per heavy atom. The first-order valence-corrected chi connectivity index (χ1v) is 12.3. The first-order chi connectivity index (χ1) is 16.4. The van der Waals surface area contributed by atoms with Crippen LogP contribution >= 0.6 is 11.6 Å². The number of hydrogen-bond donors (Lipinski definition) is 1. The first-order valence-electron chi connectivity index (χ1n) is 10.5. The minimum absolute atomic E-state index is 0.122. The van der Waals surface area contributed by atoms with Crippen molar-refractivity contribution >= 4 is 33.2 Å². The van der Waals surface area contributed by atoms with Crippen LogP contribution in [-0.4, -0.2) is 52.0 Å². The van der Waals surface area contributed by atoms with Crippen LogP contribution in [0, 0.1) is 0 Å². The van der Waals surface area contributed by atoms with Gasteiger partial charge in [-0.1, -0.05) is 11.6 Å². The molecule has 0 radical (unpaired) electrons. The molecule has 1 amide bonds. The second-order valence-electron chi connectivity index (χ2n) is 7.41. The first kappa shape index (κ1) is 24.0. The number of nitrogens with zero attached hydrogens (tertiary/aromatic N) is 1. The highest BCUT2D eigenvalue weighted by Gasteiger charge is 2.26. The van der Waals surface area contributed by atoms with Gasteiger partial charge in [0, 0.05) is 23.7 Å². The number of hydrogen-bond acceptors (Lipinski definition) is 6. The number of carbonyl (C=O) groups is 1. The van der Waals surface area contributed by atoms with Gasteiger partial charge in [0.25, 0.3) is 5.91 Å². The summed E-state index contributed by atoms with van der Waals surface area (Å²) in [5, 5.41) is 3.20. The van der Waals surface area contributed by atoms with E-state index < -0.39 is 15.9 Å². The summed E-state index contributed by atoms with van der Waals surface area (Å²) >= 11 is 6.13. The standard InChI is InChI=1S/C24H23ClN2O6S/c1-31-19-5-7-20(8-6-19)33-23-11-4-18(25)16-22(23)26-24(28)17-2-9-21(10-3-17)34(29,30)27-12-14-32-15-13-27/h2-11,16H,12-15H2,1H3,(H,26,28). The third kappa shape index (κ3) is 5.51. The molecule has 1 saturated heterocycles. The number of nitrogens with one attached hydrogen (secondary N) is 1. The molecular weight excluding hydrogens is 480 g/mol. The molecule has 1 aliphatic rings. The van der Waals surface area contributed by atoms with E-state index in [9.17, 15) is 13.2 Å². The lowest BCUT2D eigenvalue weighted by Gasteiger charge is -2.26. The highest BCUT2D eigenvalue weighted by molar-refractivity contribution is 7.89. The monoisotopic (exact) mass is 502 g/mol. The van der Waals surface area contributed by atoms with Crippen molar-refractivity contribution in [3.8, 4) is 17.2 Å². The lowest BCUT2D eigenvalue weighted by molar-refractivity contribution is 0.0730. The number of morpholine rings is 1. The van der Waals surface area contributed by atoms with E-state index in [0.29, 0.717) is 54.3 Å². The predicted molar refractivity (Wildman–Crippen MR) is 128 cm³/mol. The van der Waals surface area contributed by atoms with Gasteiger partial charge in [0.1, 0.15) is 11.5 Å². The summed E-state index contributed by atoms with van der Waals surface area (Å²) in [4.78, 5) is 13.0. The number of carbonyl (C=O) groups excluding carboxylic acids is 1. The molecule has 4 rings (SSSR count). The van der Waals surface area contributed by atoms with Gasteiger partial charge in [-0.3, -0.25) is 4.79 Å². The van der Waals surface area contributed by atoms with E-state index in [1.807, 2.05) is 0 Å². The molecule has 1 N–H and O–H groups in total. The molecular formula is C24H23ClN2O6S. The second kappa shape index (κ2) is 10.4. The smallest absolute Gasteiger partial charge is 0.255 e. The number of rotatable bonds is 7. The number of sulfonamides is 1. The summed E-state index contributed by atoms with van der Waals surface area (Å²) in [5.74, 6) is 1.21. The Hall–Kier alpha value is -3.11. The van der Waals surface area contributed by atoms with Crippen LogP contribution in [0.5, 0.6) is 17.2 Å². The van der Waals surface area contributed by atoms with Crippen molar-refractivity contribution in [3.63, 3.8) is 0 Å². The highest BCUT2D eigenvalue weighted by atomic mass is 35.5. The van der Waals surface area contributed by atoms with Crippen LogP contribution in [0.3, 0.4) is 0 Å². The Balaban J connectivity index is 1.50. The van der Waals surface area contributed by atoms with Crippen LogP contribution < -0.4 is 14.8 Å². The van der Waals surface area contributed by atoms with Gasteiger partial charge in [-0.05, 0) is 66.7 Å². The fourth-order valence-electron chi connectivity index (χ4n) is 3.37. The van der Waals surface area contributed by atoms with E-state index in [0.717, 1.165) is 0 Å². The maximum atomic E-state index is 12.9. The van der Waals surface area contributed by atoms with Crippen molar-refractivity contribution < 1.29 is 27.4 Å². The lowest BCUT2D eigenvalue weighted by Crippen LogP contribution is -2.40. The molecule has 0 unspecified atom stereocenters. The molecule has 178 valence electrons. The zero-order chi connectivity index (χ0) is 24.1. The van der Waals surface area contributed by atoms with Gasteiger partial charge in [0.2, 0.25) is 10.0 Å². The molecule has 3 aromatic carbocycles. The molecule has 0 aliphatic carbocycles. The largest absolute Gasteiger partial charge is 0.497 e. The van der Waals surface area contributed by atoms with Gasteiger partial charge in [0.15, 0.2) is 5.75 Å². The maximum absolute atomic E-state index is 12.9. The fraction of sp³-hybridized carbons (Fsp3) is 0.208. The van der Waals surface area contributed by atoms with Gasteiger partial charge >= 0.3 is 0 Å². The van der Waals surface area contributed by atoms with Crippen LogP contribution in [0.2, 0.25) is 5.02 Å². The summed E-state index contributed by atoms with van der Waals surface area (Å²) in [5.41, 5.74) is 0.662. The molecule has 0 atom stereocenters. The summed E-state index contributed by atoms with van der Waals surface area (Å²) in [6.45, 7) is 1.33. The van der Waals surface area contributed by atoms with Crippen molar-refractivity contribution in [2.24, 2.45) is 0 Å². The number of anilines is 1.